The molecule has 1 aromatic carbocycles. The summed E-state index contributed by atoms with van der Waals surface area (Å²) in [5.41, 5.74) is 0. The summed E-state index contributed by atoms with van der Waals surface area (Å²) in [5.74, 6) is -1.81. The van der Waals surface area contributed by atoms with Gasteiger partial charge in [-0.05, 0) is 63.5 Å². The lowest BCUT2D eigenvalue weighted by atomic mass is 10.3. The molecule has 0 bridgehead atoms. The third kappa shape index (κ3) is 8.38. The van der Waals surface area contributed by atoms with E-state index in [0.29, 0.717) is 6.61 Å². The Morgan fingerprint density at radius 3 is 1.96 bits per heavy atom. The lowest BCUT2D eigenvalue weighted by Gasteiger charge is -2.14. The molecule has 134 valence electrons. The van der Waals surface area contributed by atoms with Crippen LogP contribution in [0.15, 0.2) is 24.3 Å². The number of nitrogens with zero attached hydrogens (tertiary/aromatic N) is 1. The molecule has 0 atom stereocenters. The molecule has 2 rings (SSSR count). The molecule has 24 heavy (non-hydrogen) atoms. The molecule has 1 aliphatic rings. The highest BCUT2D eigenvalue weighted by molar-refractivity contribution is 6.27. The number of carboxylic acids is 2. The van der Waals surface area contributed by atoms with E-state index in [0.717, 1.165) is 31.1 Å². The Balaban J connectivity index is 0.000000413. The van der Waals surface area contributed by atoms with Crippen LogP contribution >= 0.6 is 0 Å². The van der Waals surface area contributed by atoms with E-state index in [1.54, 1.807) is 0 Å². The molecule has 0 aliphatic carbocycles. The number of carboxylic acid groups (broad SMARTS) is 2. The van der Waals surface area contributed by atoms with Gasteiger partial charge in [0.2, 0.25) is 0 Å². The average Bonchev–Trinajstić information content (AvgIpc) is 3.07. The fourth-order valence-electron chi connectivity index (χ4n) is 2.28. The number of carbonyl (C=O) groups is 2. The number of hydrogen-bond acceptors (Lipinski definition) is 5. The second kappa shape index (κ2) is 11.3. The van der Waals surface area contributed by atoms with Crippen molar-refractivity contribution in [3.05, 3.63) is 24.3 Å². The standard InChI is InChI=1S/C15H23NO2.C2H2O4/c1-2-17-14-6-8-15(9-7-14)18-13-5-12-16-10-3-4-11-16;3-1(4)2(5)6/h6-9H,2-5,10-13H2,1H3;(H,3,4)(H,5,6). The number of ether oxygens (including phenoxy) is 2. The quantitative estimate of drug-likeness (QED) is 0.580. The molecular weight excluding hydrogens is 314 g/mol. The highest BCUT2D eigenvalue weighted by atomic mass is 16.5. The zero-order chi connectivity index (χ0) is 17.8. The first kappa shape index (κ1) is 19.8. The van der Waals surface area contributed by atoms with Crippen LogP contribution in [0.5, 0.6) is 11.5 Å². The minimum Gasteiger partial charge on any atom is -0.494 e. The summed E-state index contributed by atoms with van der Waals surface area (Å²) in [5, 5.41) is 14.8. The minimum atomic E-state index is -1.82. The van der Waals surface area contributed by atoms with E-state index in [1.807, 2.05) is 31.2 Å². The zero-order valence-electron chi connectivity index (χ0n) is 13.9. The molecule has 0 amide bonds. The third-order valence-electron chi connectivity index (χ3n) is 3.40. The maximum atomic E-state index is 9.10. The maximum Gasteiger partial charge on any atom is 0.414 e. The Hall–Kier alpha value is -2.28. The van der Waals surface area contributed by atoms with E-state index < -0.39 is 11.9 Å². The van der Waals surface area contributed by atoms with Crippen LogP contribution < -0.4 is 9.47 Å². The van der Waals surface area contributed by atoms with Gasteiger partial charge in [-0.15, -0.1) is 0 Å². The largest absolute Gasteiger partial charge is 0.494 e. The van der Waals surface area contributed by atoms with Crippen LogP contribution in [0.4, 0.5) is 0 Å². The van der Waals surface area contributed by atoms with Crippen molar-refractivity contribution in [1.82, 2.24) is 4.90 Å². The van der Waals surface area contributed by atoms with Crippen LogP contribution in [-0.4, -0.2) is 59.9 Å². The first-order valence-electron chi connectivity index (χ1n) is 8.07. The van der Waals surface area contributed by atoms with Gasteiger partial charge in [-0.2, -0.15) is 0 Å². The van der Waals surface area contributed by atoms with Gasteiger partial charge in [-0.3, -0.25) is 0 Å². The van der Waals surface area contributed by atoms with Crippen LogP contribution in [0, 0.1) is 0 Å². The molecule has 0 aromatic heterocycles. The van der Waals surface area contributed by atoms with E-state index in [-0.39, 0.29) is 0 Å². The number of likely N-dealkylation sites (tertiary alicyclic amines) is 1. The molecule has 1 aromatic rings. The van der Waals surface area contributed by atoms with Crippen molar-refractivity contribution < 1.29 is 29.3 Å². The molecule has 2 N–H and O–H groups in total. The van der Waals surface area contributed by atoms with Crippen LogP contribution in [0.3, 0.4) is 0 Å². The summed E-state index contributed by atoms with van der Waals surface area (Å²) in [7, 11) is 0. The molecule has 1 heterocycles. The van der Waals surface area contributed by atoms with Crippen molar-refractivity contribution in [3.8, 4) is 11.5 Å². The summed E-state index contributed by atoms with van der Waals surface area (Å²) in [6.07, 6.45) is 3.83. The van der Waals surface area contributed by atoms with Gasteiger partial charge in [0.15, 0.2) is 0 Å². The molecule has 7 heteroatoms. The smallest absolute Gasteiger partial charge is 0.414 e. The van der Waals surface area contributed by atoms with Gasteiger partial charge >= 0.3 is 11.9 Å². The fraction of sp³-hybridized carbons (Fsp3) is 0.529. The van der Waals surface area contributed by atoms with E-state index in [4.69, 9.17) is 29.3 Å². The van der Waals surface area contributed by atoms with Gasteiger partial charge < -0.3 is 24.6 Å². The first-order valence-corrected chi connectivity index (χ1v) is 8.07. The van der Waals surface area contributed by atoms with Crippen molar-refractivity contribution in [2.45, 2.75) is 26.2 Å². The van der Waals surface area contributed by atoms with Gasteiger partial charge in [0.05, 0.1) is 13.2 Å². The number of aliphatic carboxylic acids is 2. The number of benzene rings is 1. The lowest BCUT2D eigenvalue weighted by Crippen LogP contribution is -2.21. The van der Waals surface area contributed by atoms with Gasteiger partial charge in [0.25, 0.3) is 0 Å². The molecule has 7 nitrogen and oxygen atoms in total. The molecule has 1 aliphatic heterocycles. The van der Waals surface area contributed by atoms with Crippen LogP contribution in [0.2, 0.25) is 0 Å². The summed E-state index contributed by atoms with van der Waals surface area (Å²) in [6.45, 7) is 7.19. The Kier molecular flexibility index (Phi) is 9.29. The summed E-state index contributed by atoms with van der Waals surface area (Å²) in [6, 6.07) is 7.86. The average molecular weight is 339 g/mol. The fourth-order valence-corrected chi connectivity index (χ4v) is 2.28. The van der Waals surface area contributed by atoms with E-state index >= 15 is 0 Å². The highest BCUT2D eigenvalue weighted by Crippen LogP contribution is 2.17. The highest BCUT2D eigenvalue weighted by Gasteiger charge is 2.10. The van der Waals surface area contributed by atoms with E-state index in [9.17, 15) is 0 Å². The first-order chi connectivity index (χ1) is 11.5. The van der Waals surface area contributed by atoms with Gasteiger partial charge in [0.1, 0.15) is 11.5 Å². The number of rotatable bonds is 7. The monoisotopic (exact) mass is 339 g/mol. The Labute approximate surface area is 141 Å². The van der Waals surface area contributed by atoms with Crippen LogP contribution in [0.25, 0.3) is 0 Å². The Bertz CT molecular complexity index is 484. The zero-order valence-corrected chi connectivity index (χ0v) is 13.9. The number of hydrogen-bond donors (Lipinski definition) is 2. The lowest BCUT2D eigenvalue weighted by molar-refractivity contribution is -0.159. The minimum absolute atomic E-state index is 0.704. The van der Waals surface area contributed by atoms with Crippen LogP contribution in [-0.2, 0) is 9.59 Å². The second-order valence-corrected chi connectivity index (χ2v) is 5.27. The third-order valence-corrected chi connectivity index (χ3v) is 3.40. The molecule has 0 unspecified atom stereocenters. The van der Waals surface area contributed by atoms with Crippen molar-refractivity contribution in [1.29, 1.82) is 0 Å². The maximum absolute atomic E-state index is 9.10. The van der Waals surface area contributed by atoms with Gasteiger partial charge in [-0.1, -0.05) is 0 Å². The summed E-state index contributed by atoms with van der Waals surface area (Å²) in [4.78, 5) is 20.7. The van der Waals surface area contributed by atoms with Gasteiger partial charge in [-0.25, -0.2) is 9.59 Å². The molecule has 1 fully saturated rings. The molecule has 0 radical (unpaired) electrons. The van der Waals surface area contributed by atoms with E-state index in [1.165, 1.54) is 25.9 Å². The molecular formula is C17H25NO6. The molecule has 1 saturated heterocycles. The Morgan fingerprint density at radius 2 is 1.50 bits per heavy atom. The summed E-state index contributed by atoms with van der Waals surface area (Å²) >= 11 is 0. The SMILES string of the molecule is CCOc1ccc(OCCCN2CCCC2)cc1.O=C(O)C(=O)O. The van der Waals surface area contributed by atoms with Crippen LogP contribution in [0.1, 0.15) is 26.2 Å². The van der Waals surface area contributed by atoms with Crippen molar-refractivity contribution in [2.24, 2.45) is 0 Å². The normalized spacial score (nSPS) is 13.7. The predicted molar refractivity (Wildman–Crippen MR) is 88.7 cm³/mol. The van der Waals surface area contributed by atoms with Crippen molar-refractivity contribution in [2.75, 3.05) is 32.8 Å². The topological polar surface area (TPSA) is 96.3 Å². The van der Waals surface area contributed by atoms with Gasteiger partial charge in [0, 0.05) is 6.54 Å². The Morgan fingerprint density at radius 1 is 1.00 bits per heavy atom. The van der Waals surface area contributed by atoms with Crippen molar-refractivity contribution in [3.63, 3.8) is 0 Å². The predicted octanol–water partition coefficient (Wildman–Crippen LogP) is 2.11. The van der Waals surface area contributed by atoms with E-state index in [2.05, 4.69) is 4.90 Å². The van der Waals surface area contributed by atoms with Crippen molar-refractivity contribution >= 4 is 11.9 Å². The second-order valence-electron chi connectivity index (χ2n) is 5.27. The molecule has 0 saturated carbocycles. The summed E-state index contributed by atoms with van der Waals surface area (Å²) < 4.78 is 11.1. The molecule has 0 spiro atoms.